The normalized spacial score (nSPS) is 11.9. The van der Waals surface area contributed by atoms with Crippen LogP contribution in [0.15, 0.2) is 61.1 Å². The minimum Gasteiger partial charge on any atom is -0.326 e. The number of halogens is 3. The fourth-order valence-corrected chi connectivity index (χ4v) is 3.84. The van der Waals surface area contributed by atoms with E-state index in [-0.39, 0.29) is 30.1 Å². The van der Waals surface area contributed by atoms with E-state index < -0.39 is 11.7 Å². The maximum absolute atomic E-state index is 13.5. The second-order valence-corrected chi connectivity index (χ2v) is 8.40. The molecule has 0 saturated heterocycles. The van der Waals surface area contributed by atoms with Crippen LogP contribution in [-0.4, -0.2) is 39.4 Å². The van der Waals surface area contributed by atoms with Crippen LogP contribution in [0.4, 0.5) is 18.9 Å². The Morgan fingerprint density at radius 2 is 1.82 bits per heavy atom. The highest BCUT2D eigenvalue weighted by Gasteiger charge is 2.33. The monoisotopic (exact) mass is 467 g/mol. The van der Waals surface area contributed by atoms with Crippen molar-refractivity contribution in [3.8, 4) is 5.69 Å². The quantitative estimate of drug-likeness (QED) is 0.434. The summed E-state index contributed by atoms with van der Waals surface area (Å²) in [5.74, 6) is -0.390. The number of fused-ring (bicyclic) bond motifs is 1. The molecule has 4 aromatic rings. The maximum Gasteiger partial charge on any atom is 0.416 e. The second-order valence-electron chi connectivity index (χ2n) is 8.40. The lowest BCUT2D eigenvalue weighted by Gasteiger charge is -2.18. The lowest BCUT2D eigenvalue weighted by molar-refractivity contribution is -0.138. The number of nitrogens with zero attached hydrogens (tertiary/aromatic N) is 4. The third kappa shape index (κ3) is 5.09. The lowest BCUT2D eigenvalue weighted by atomic mass is 10.0. The molecule has 2 heterocycles. The van der Waals surface area contributed by atoms with Crippen molar-refractivity contribution >= 4 is 22.8 Å². The van der Waals surface area contributed by atoms with Crippen molar-refractivity contribution in [2.24, 2.45) is 0 Å². The molecule has 176 valence electrons. The van der Waals surface area contributed by atoms with Crippen molar-refractivity contribution in [2.75, 3.05) is 19.4 Å². The van der Waals surface area contributed by atoms with Gasteiger partial charge in [0, 0.05) is 24.1 Å². The fourth-order valence-electron chi connectivity index (χ4n) is 3.84. The molecule has 0 unspecified atom stereocenters. The van der Waals surface area contributed by atoms with Gasteiger partial charge in [0.2, 0.25) is 5.91 Å². The van der Waals surface area contributed by atoms with Crippen molar-refractivity contribution in [2.45, 2.75) is 26.1 Å². The number of amides is 1. The highest BCUT2D eigenvalue weighted by Crippen LogP contribution is 2.34. The van der Waals surface area contributed by atoms with Gasteiger partial charge in [-0.2, -0.15) is 13.2 Å². The van der Waals surface area contributed by atoms with Gasteiger partial charge in [0.1, 0.15) is 11.8 Å². The molecule has 0 aliphatic rings. The molecule has 0 aliphatic carbocycles. The van der Waals surface area contributed by atoms with Crippen molar-refractivity contribution in [1.29, 1.82) is 0 Å². The van der Waals surface area contributed by atoms with E-state index in [4.69, 9.17) is 0 Å². The van der Waals surface area contributed by atoms with Crippen LogP contribution in [0.5, 0.6) is 0 Å². The number of nitrogens with one attached hydrogen (secondary N) is 1. The van der Waals surface area contributed by atoms with Gasteiger partial charge in [0.05, 0.1) is 12.0 Å². The summed E-state index contributed by atoms with van der Waals surface area (Å²) in [6.45, 7) is 2.03. The molecular weight excluding hydrogens is 443 g/mol. The highest BCUT2D eigenvalue weighted by molar-refractivity contribution is 5.92. The third-order valence-electron chi connectivity index (χ3n) is 5.45. The van der Waals surface area contributed by atoms with Crippen LogP contribution in [0.2, 0.25) is 0 Å². The van der Waals surface area contributed by atoms with Gasteiger partial charge in [0.25, 0.3) is 0 Å². The maximum atomic E-state index is 13.5. The molecule has 34 heavy (non-hydrogen) atoms. The van der Waals surface area contributed by atoms with E-state index in [0.717, 1.165) is 34.0 Å². The van der Waals surface area contributed by atoms with Crippen LogP contribution >= 0.6 is 0 Å². The summed E-state index contributed by atoms with van der Waals surface area (Å²) in [6, 6.07) is 13.2. The number of carbonyl (C=O) groups is 1. The first-order valence-corrected chi connectivity index (χ1v) is 10.6. The summed E-state index contributed by atoms with van der Waals surface area (Å²) in [5, 5.41) is 2.60. The average molecular weight is 467 g/mol. The average Bonchev–Trinajstić information content (AvgIpc) is 3.19. The van der Waals surface area contributed by atoms with Crippen molar-refractivity contribution in [3.05, 3.63) is 83.3 Å². The molecule has 6 nitrogen and oxygen atoms in total. The number of rotatable bonds is 6. The largest absolute Gasteiger partial charge is 0.416 e. The summed E-state index contributed by atoms with van der Waals surface area (Å²) >= 11 is 0. The number of alkyl halides is 3. The third-order valence-corrected chi connectivity index (χ3v) is 5.45. The predicted molar refractivity (Wildman–Crippen MR) is 125 cm³/mol. The number of carbonyl (C=O) groups excluding carboxylic acids is 1. The van der Waals surface area contributed by atoms with E-state index in [2.05, 4.69) is 15.3 Å². The van der Waals surface area contributed by atoms with Crippen LogP contribution < -0.4 is 5.32 Å². The molecule has 0 saturated carbocycles. The zero-order chi connectivity index (χ0) is 24.5. The SMILES string of the molecule is Cc1cc(-n2cnc3cccnc32)ccc1CC(=O)Nc1ccc(CN(C)C)c(C(F)(F)F)c1. The molecule has 9 heteroatoms. The zero-order valence-electron chi connectivity index (χ0n) is 19.0. The molecule has 0 bridgehead atoms. The molecule has 0 spiro atoms. The van der Waals surface area contributed by atoms with Crippen LogP contribution in [0.3, 0.4) is 0 Å². The number of benzene rings is 2. The fraction of sp³-hybridized carbons (Fsp3) is 0.240. The van der Waals surface area contributed by atoms with E-state index in [1.165, 1.54) is 12.1 Å². The Bertz CT molecular complexity index is 1340. The van der Waals surface area contributed by atoms with E-state index in [1.54, 1.807) is 31.5 Å². The van der Waals surface area contributed by atoms with Crippen molar-refractivity contribution in [3.63, 3.8) is 0 Å². The molecule has 1 N–H and O–H groups in total. The molecule has 4 rings (SSSR count). The Morgan fingerprint density at radius 3 is 2.53 bits per heavy atom. The Balaban J connectivity index is 1.51. The van der Waals surface area contributed by atoms with E-state index in [9.17, 15) is 18.0 Å². The van der Waals surface area contributed by atoms with Crippen molar-refractivity contribution < 1.29 is 18.0 Å². The molecule has 0 aliphatic heterocycles. The minimum atomic E-state index is -4.51. The summed E-state index contributed by atoms with van der Waals surface area (Å²) in [6.07, 6.45) is -1.08. The Morgan fingerprint density at radius 1 is 1.06 bits per heavy atom. The highest BCUT2D eigenvalue weighted by atomic mass is 19.4. The van der Waals surface area contributed by atoms with Gasteiger partial charge in [-0.1, -0.05) is 12.1 Å². The number of anilines is 1. The summed E-state index contributed by atoms with van der Waals surface area (Å²) in [7, 11) is 3.41. The van der Waals surface area contributed by atoms with Crippen LogP contribution in [0.25, 0.3) is 16.9 Å². The topological polar surface area (TPSA) is 63.1 Å². The van der Waals surface area contributed by atoms with Crippen LogP contribution in [0.1, 0.15) is 22.3 Å². The van der Waals surface area contributed by atoms with Crippen molar-refractivity contribution in [1.82, 2.24) is 19.4 Å². The number of hydrogen-bond donors (Lipinski definition) is 1. The van der Waals surface area contributed by atoms with Gasteiger partial charge in [-0.3, -0.25) is 9.36 Å². The number of imidazole rings is 1. The first-order valence-electron chi connectivity index (χ1n) is 10.6. The number of aromatic nitrogens is 3. The van der Waals surface area contributed by atoms with Gasteiger partial charge in [-0.15, -0.1) is 0 Å². The van der Waals surface area contributed by atoms with E-state index >= 15 is 0 Å². The molecule has 2 aromatic carbocycles. The number of aryl methyl sites for hydroxylation is 1. The van der Waals surface area contributed by atoms with Gasteiger partial charge in [-0.25, -0.2) is 9.97 Å². The standard InChI is InChI=1S/C25H24F3N5O/c1-16-11-20(33-15-30-22-5-4-10-29-24(22)33)9-7-17(16)12-23(34)31-19-8-6-18(14-32(2)3)21(13-19)25(26,27)28/h4-11,13,15H,12,14H2,1-3H3,(H,31,34). The smallest absolute Gasteiger partial charge is 0.326 e. The number of hydrogen-bond acceptors (Lipinski definition) is 4. The first-order chi connectivity index (χ1) is 16.1. The molecule has 0 atom stereocenters. The van der Waals surface area contributed by atoms with Gasteiger partial charge >= 0.3 is 6.18 Å². The zero-order valence-corrected chi connectivity index (χ0v) is 19.0. The predicted octanol–water partition coefficient (Wildman–Crippen LogP) is 4.99. The van der Waals surface area contributed by atoms with Crippen LogP contribution in [-0.2, 0) is 23.9 Å². The molecular formula is C25H24F3N5O. The molecule has 1 amide bonds. The first kappa shape index (κ1) is 23.4. The Labute approximate surface area is 195 Å². The Hall–Kier alpha value is -3.72. The minimum absolute atomic E-state index is 0.0375. The van der Waals surface area contributed by atoms with E-state index in [0.29, 0.717) is 0 Å². The Kier molecular flexibility index (Phi) is 6.39. The van der Waals surface area contributed by atoms with Gasteiger partial charge in [0.15, 0.2) is 5.65 Å². The van der Waals surface area contributed by atoms with Gasteiger partial charge < -0.3 is 10.2 Å². The molecule has 0 radical (unpaired) electrons. The van der Waals surface area contributed by atoms with E-state index in [1.807, 2.05) is 41.8 Å². The van der Waals surface area contributed by atoms with Crippen LogP contribution in [0, 0.1) is 6.92 Å². The second kappa shape index (κ2) is 9.26. The number of pyridine rings is 1. The lowest BCUT2D eigenvalue weighted by Crippen LogP contribution is -2.19. The van der Waals surface area contributed by atoms with Gasteiger partial charge in [-0.05, 0) is 74.1 Å². The molecule has 0 fully saturated rings. The summed E-state index contributed by atoms with van der Waals surface area (Å²) in [4.78, 5) is 23.0. The summed E-state index contributed by atoms with van der Waals surface area (Å²) < 4.78 is 42.4. The summed E-state index contributed by atoms with van der Waals surface area (Å²) in [5.41, 5.74) is 3.54. The molecule has 2 aromatic heterocycles.